The number of benzene rings is 2. The lowest BCUT2D eigenvalue weighted by molar-refractivity contribution is -0.115. The molecule has 1 fully saturated rings. The molecule has 23 heavy (non-hydrogen) atoms. The van der Waals surface area contributed by atoms with Gasteiger partial charge in [0.15, 0.2) is 11.6 Å². The number of anilines is 1. The van der Waals surface area contributed by atoms with Crippen LogP contribution in [-0.4, -0.2) is 18.8 Å². The van der Waals surface area contributed by atoms with Crippen molar-refractivity contribution in [1.82, 2.24) is 0 Å². The molecule has 3 rings (SSSR count). The predicted octanol–water partition coefficient (Wildman–Crippen LogP) is 4.41. The Morgan fingerprint density at radius 2 is 2.00 bits per heavy atom. The Morgan fingerprint density at radius 3 is 2.70 bits per heavy atom. The molecule has 0 bridgehead atoms. The normalized spacial score (nSPS) is 17.7. The van der Waals surface area contributed by atoms with E-state index in [9.17, 15) is 13.6 Å². The summed E-state index contributed by atoms with van der Waals surface area (Å²) in [5.41, 5.74) is 1.01. The van der Waals surface area contributed by atoms with Gasteiger partial charge < -0.3 is 4.74 Å². The van der Waals surface area contributed by atoms with E-state index < -0.39 is 17.0 Å². The maximum Gasteiger partial charge on any atom is 0.238 e. The first-order chi connectivity index (χ1) is 11.0. The van der Waals surface area contributed by atoms with Gasteiger partial charge in [-0.2, -0.15) is 0 Å². The molecular weight excluding hydrogens is 344 g/mol. The van der Waals surface area contributed by atoms with Crippen molar-refractivity contribution >= 4 is 35.0 Å². The molecule has 0 radical (unpaired) electrons. The van der Waals surface area contributed by atoms with E-state index in [1.165, 1.54) is 29.8 Å². The minimum atomic E-state index is -0.944. The second-order valence-electron chi connectivity index (χ2n) is 4.92. The van der Waals surface area contributed by atoms with E-state index in [1.807, 2.05) is 0 Å². The molecule has 0 saturated carbocycles. The van der Waals surface area contributed by atoms with Gasteiger partial charge in [-0.25, -0.2) is 8.78 Å². The zero-order valence-electron chi connectivity index (χ0n) is 12.1. The Morgan fingerprint density at radius 1 is 1.22 bits per heavy atom. The van der Waals surface area contributed by atoms with Crippen LogP contribution in [0.15, 0.2) is 36.4 Å². The molecule has 1 heterocycles. The van der Waals surface area contributed by atoms with E-state index >= 15 is 0 Å². The van der Waals surface area contributed by atoms with Gasteiger partial charge >= 0.3 is 0 Å². The largest absolute Gasteiger partial charge is 0.495 e. The number of rotatable bonds is 3. The van der Waals surface area contributed by atoms with Crippen LogP contribution in [-0.2, 0) is 4.79 Å². The smallest absolute Gasteiger partial charge is 0.238 e. The Kier molecular flexibility index (Phi) is 4.46. The van der Waals surface area contributed by atoms with E-state index in [4.69, 9.17) is 16.3 Å². The van der Waals surface area contributed by atoms with Gasteiger partial charge in [0.25, 0.3) is 0 Å². The number of thioether (sulfide) groups is 1. The molecule has 0 spiro atoms. The van der Waals surface area contributed by atoms with Gasteiger partial charge in [0.05, 0.1) is 18.6 Å². The van der Waals surface area contributed by atoms with Crippen LogP contribution in [0, 0.1) is 11.6 Å². The summed E-state index contributed by atoms with van der Waals surface area (Å²) >= 11 is 7.36. The van der Waals surface area contributed by atoms with Gasteiger partial charge in [0, 0.05) is 5.02 Å². The van der Waals surface area contributed by atoms with E-state index in [2.05, 4.69) is 0 Å². The summed E-state index contributed by atoms with van der Waals surface area (Å²) in [5, 5.41) is -0.0143. The van der Waals surface area contributed by atoms with Crippen molar-refractivity contribution in [3.63, 3.8) is 0 Å². The van der Waals surface area contributed by atoms with Crippen LogP contribution in [0.1, 0.15) is 10.9 Å². The average Bonchev–Trinajstić information content (AvgIpc) is 2.91. The molecule has 3 nitrogen and oxygen atoms in total. The molecule has 0 aliphatic carbocycles. The van der Waals surface area contributed by atoms with Crippen molar-refractivity contribution in [2.75, 3.05) is 17.8 Å². The van der Waals surface area contributed by atoms with Crippen molar-refractivity contribution in [3.8, 4) is 5.75 Å². The standard InChI is InChI=1S/C16H12ClF2NO2S/c1-22-14-5-3-10(17)7-13(14)20-15(21)8-23-16(20)9-2-4-11(18)12(19)6-9/h2-7,16H,8H2,1H3. The number of nitrogens with zero attached hydrogens (tertiary/aromatic N) is 1. The number of carbonyl (C=O) groups excluding carboxylic acids is 1. The zero-order chi connectivity index (χ0) is 16.6. The van der Waals surface area contributed by atoms with Crippen LogP contribution in [0.5, 0.6) is 5.75 Å². The van der Waals surface area contributed by atoms with Crippen LogP contribution in [0.25, 0.3) is 0 Å². The summed E-state index contributed by atoms with van der Waals surface area (Å²) in [6.07, 6.45) is 0. The Hall–Kier alpha value is -1.79. The number of halogens is 3. The van der Waals surface area contributed by atoms with E-state index in [-0.39, 0.29) is 11.7 Å². The van der Waals surface area contributed by atoms with Crippen molar-refractivity contribution < 1.29 is 18.3 Å². The predicted molar refractivity (Wildman–Crippen MR) is 87.0 cm³/mol. The molecule has 1 aliphatic heterocycles. The summed E-state index contributed by atoms with van der Waals surface area (Å²) in [7, 11) is 1.49. The van der Waals surface area contributed by atoms with Crippen LogP contribution >= 0.6 is 23.4 Å². The highest BCUT2D eigenvalue weighted by Gasteiger charge is 2.36. The molecule has 0 N–H and O–H groups in total. The van der Waals surface area contributed by atoms with Gasteiger partial charge in [-0.1, -0.05) is 17.7 Å². The van der Waals surface area contributed by atoms with Gasteiger partial charge in [-0.05, 0) is 35.9 Å². The van der Waals surface area contributed by atoms with Gasteiger partial charge in [0.1, 0.15) is 11.1 Å². The molecule has 1 amide bonds. The quantitative estimate of drug-likeness (QED) is 0.817. The van der Waals surface area contributed by atoms with Crippen molar-refractivity contribution in [3.05, 3.63) is 58.6 Å². The zero-order valence-corrected chi connectivity index (χ0v) is 13.6. The molecule has 7 heteroatoms. The van der Waals surface area contributed by atoms with E-state index in [1.54, 1.807) is 18.2 Å². The molecule has 1 aliphatic rings. The van der Waals surface area contributed by atoms with Gasteiger partial charge in [-0.3, -0.25) is 9.69 Å². The molecule has 1 saturated heterocycles. The molecule has 1 atom stereocenters. The minimum Gasteiger partial charge on any atom is -0.495 e. The summed E-state index contributed by atoms with van der Waals surface area (Å²) < 4.78 is 32.0. The molecule has 2 aromatic rings. The number of amides is 1. The molecule has 0 aromatic heterocycles. The lowest BCUT2D eigenvalue weighted by atomic mass is 10.1. The van der Waals surface area contributed by atoms with E-state index in [0.29, 0.717) is 22.0 Å². The first-order valence-corrected chi connectivity index (χ1v) is 8.16. The number of methoxy groups -OCH3 is 1. The van der Waals surface area contributed by atoms with Crippen LogP contribution in [0.4, 0.5) is 14.5 Å². The number of hydrogen-bond donors (Lipinski definition) is 0. The topological polar surface area (TPSA) is 29.5 Å². The lowest BCUT2D eigenvalue weighted by Gasteiger charge is -2.26. The first-order valence-electron chi connectivity index (χ1n) is 6.73. The number of ether oxygens (including phenoxy) is 1. The monoisotopic (exact) mass is 355 g/mol. The lowest BCUT2D eigenvalue weighted by Crippen LogP contribution is -2.28. The third-order valence-electron chi connectivity index (χ3n) is 3.50. The van der Waals surface area contributed by atoms with Crippen molar-refractivity contribution in [1.29, 1.82) is 0 Å². The number of carbonyl (C=O) groups is 1. The Balaban J connectivity index is 2.07. The van der Waals surface area contributed by atoms with Gasteiger partial charge in [0.2, 0.25) is 5.91 Å². The fourth-order valence-electron chi connectivity index (χ4n) is 2.45. The minimum absolute atomic E-state index is 0.148. The fourth-order valence-corrected chi connectivity index (χ4v) is 3.77. The summed E-state index contributed by atoms with van der Waals surface area (Å²) in [4.78, 5) is 13.8. The van der Waals surface area contributed by atoms with Crippen LogP contribution in [0.2, 0.25) is 5.02 Å². The highest BCUT2D eigenvalue weighted by Crippen LogP contribution is 2.45. The highest BCUT2D eigenvalue weighted by atomic mass is 35.5. The average molecular weight is 356 g/mol. The SMILES string of the molecule is COc1ccc(Cl)cc1N1C(=O)CSC1c1ccc(F)c(F)c1. The number of hydrogen-bond acceptors (Lipinski definition) is 3. The Bertz CT molecular complexity index is 772. The first kappa shape index (κ1) is 16.1. The van der Waals surface area contributed by atoms with Crippen molar-refractivity contribution in [2.45, 2.75) is 5.37 Å². The Labute approximate surface area is 141 Å². The third-order valence-corrected chi connectivity index (χ3v) is 4.94. The fraction of sp³-hybridized carbons (Fsp3) is 0.188. The summed E-state index contributed by atoms with van der Waals surface area (Å²) in [6, 6.07) is 8.58. The van der Waals surface area contributed by atoms with Gasteiger partial charge in [-0.15, -0.1) is 11.8 Å². The molecule has 2 aromatic carbocycles. The molecular formula is C16H12ClF2NO2S. The van der Waals surface area contributed by atoms with E-state index in [0.717, 1.165) is 12.1 Å². The highest BCUT2D eigenvalue weighted by molar-refractivity contribution is 8.00. The molecule has 1 unspecified atom stereocenters. The second kappa shape index (κ2) is 6.37. The third kappa shape index (κ3) is 3.01. The van der Waals surface area contributed by atoms with Crippen molar-refractivity contribution in [2.24, 2.45) is 0 Å². The summed E-state index contributed by atoms with van der Waals surface area (Å²) in [6.45, 7) is 0. The van der Waals surface area contributed by atoms with Crippen LogP contribution in [0.3, 0.4) is 0 Å². The summed E-state index contributed by atoms with van der Waals surface area (Å²) in [5.74, 6) is -1.29. The maximum absolute atomic E-state index is 13.5. The van der Waals surface area contributed by atoms with Crippen LogP contribution < -0.4 is 9.64 Å². The molecule has 120 valence electrons. The maximum atomic E-state index is 13.5. The second-order valence-corrected chi connectivity index (χ2v) is 6.42.